The molecular weight excluding hydrogens is 200 g/mol. The first-order valence-electron chi connectivity index (χ1n) is 6.30. The highest BCUT2D eigenvalue weighted by atomic mass is 16.4. The summed E-state index contributed by atoms with van der Waals surface area (Å²) in [6, 6.07) is 0. The summed E-state index contributed by atoms with van der Waals surface area (Å²) in [6.07, 6.45) is 4.98. The van der Waals surface area contributed by atoms with Crippen molar-refractivity contribution in [3.8, 4) is 0 Å². The molecule has 0 N–H and O–H groups in total. The van der Waals surface area contributed by atoms with E-state index in [2.05, 4.69) is 37.9 Å². The highest BCUT2D eigenvalue weighted by molar-refractivity contribution is 5.00. The third-order valence-corrected chi connectivity index (χ3v) is 3.45. The first-order valence-corrected chi connectivity index (χ1v) is 6.30. The second-order valence-corrected chi connectivity index (χ2v) is 6.15. The van der Waals surface area contributed by atoms with Crippen molar-refractivity contribution < 1.29 is 4.42 Å². The van der Waals surface area contributed by atoms with E-state index in [0.717, 1.165) is 17.7 Å². The van der Waals surface area contributed by atoms with Crippen LogP contribution in [0.15, 0.2) is 4.42 Å². The van der Waals surface area contributed by atoms with E-state index in [0.29, 0.717) is 5.92 Å². The second kappa shape index (κ2) is 4.19. The molecule has 0 unspecified atom stereocenters. The Morgan fingerprint density at radius 3 is 2.19 bits per heavy atom. The Morgan fingerprint density at radius 2 is 1.69 bits per heavy atom. The molecule has 0 amide bonds. The lowest BCUT2D eigenvalue weighted by molar-refractivity contribution is 0.290. The first kappa shape index (κ1) is 11.6. The number of aromatic nitrogens is 2. The minimum absolute atomic E-state index is 0.0345. The third-order valence-electron chi connectivity index (χ3n) is 3.45. The van der Waals surface area contributed by atoms with Gasteiger partial charge in [-0.2, -0.15) is 0 Å². The molecule has 0 bridgehead atoms. The lowest BCUT2D eigenvalue weighted by Crippen LogP contribution is -2.12. The van der Waals surface area contributed by atoms with Gasteiger partial charge in [0.05, 0.1) is 0 Å². The predicted octanol–water partition coefficient (Wildman–Crippen LogP) is 3.66. The maximum atomic E-state index is 5.80. The molecule has 1 fully saturated rings. The highest BCUT2D eigenvalue weighted by Gasteiger charge is 2.27. The maximum Gasteiger partial charge on any atom is 0.221 e. The van der Waals surface area contributed by atoms with Crippen LogP contribution >= 0.6 is 0 Å². The Labute approximate surface area is 97.6 Å². The monoisotopic (exact) mass is 222 g/mol. The summed E-state index contributed by atoms with van der Waals surface area (Å²) in [5.41, 5.74) is -0.0345. The average molecular weight is 222 g/mol. The third kappa shape index (κ3) is 2.45. The maximum absolute atomic E-state index is 5.80. The van der Waals surface area contributed by atoms with Crippen molar-refractivity contribution in [3.05, 3.63) is 11.8 Å². The number of hydrogen-bond acceptors (Lipinski definition) is 3. The molecule has 1 aliphatic rings. The van der Waals surface area contributed by atoms with Crippen molar-refractivity contribution in [2.75, 3.05) is 0 Å². The molecule has 0 radical (unpaired) electrons. The second-order valence-electron chi connectivity index (χ2n) is 6.15. The fourth-order valence-corrected chi connectivity index (χ4v) is 2.21. The van der Waals surface area contributed by atoms with Crippen LogP contribution in [0.1, 0.15) is 71.1 Å². The fraction of sp³-hybridized carbons (Fsp3) is 0.846. The summed E-state index contributed by atoms with van der Waals surface area (Å²) < 4.78 is 5.80. The van der Waals surface area contributed by atoms with E-state index >= 15 is 0 Å². The minimum atomic E-state index is -0.0345. The zero-order valence-corrected chi connectivity index (χ0v) is 10.8. The van der Waals surface area contributed by atoms with Crippen LogP contribution in [0.25, 0.3) is 0 Å². The van der Waals surface area contributed by atoms with Crippen molar-refractivity contribution >= 4 is 0 Å². The van der Waals surface area contributed by atoms with Crippen LogP contribution in [-0.4, -0.2) is 10.2 Å². The van der Waals surface area contributed by atoms with Gasteiger partial charge in [-0.15, -0.1) is 10.2 Å². The molecule has 0 aromatic carbocycles. The molecule has 0 saturated heterocycles. The van der Waals surface area contributed by atoms with Crippen LogP contribution in [-0.2, 0) is 5.41 Å². The van der Waals surface area contributed by atoms with Gasteiger partial charge in [0.2, 0.25) is 11.8 Å². The number of nitrogens with zero attached hydrogens (tertiary/aromatic N) is 2. The Hall–Kier alpha value is -0.860. The standard InChI is InChI=1S/C13H22N2O/c1-9-5-7-10(8-6-9)11-14-15-12(16-11)13(2,3)4/h9-10H,5-8H2,1-4H3. The molecule has 0 aliphatic heterocycles. The van der Waals surface area contributed by atoms with Gasteiger partial charge in [-0.05, 0) is 31.6 Å². The van der Waals surface area contributed by atoms with Crippen molar-refractivity contribution in [1.29, 1.82) is 0 Å². The Kier molecular flexibility index (Phi) is 3.04. The van der Waals surface area contributed by atoms with E-state index in [1.807, 2.05) is 0 Å². The quantitative estimate of drug-likeness (QED) is 0.728. The largest absolute Gasteiger partial charge is 0.424 e. The number of hydrogen-bond donors (Lipinski definition) is 0. The van der Waals surface area contributed by atoms with E-state index < -0.39 is 0 Å². The molecule has 1 aliphatic carbocycles. The van der Waals surface area contributed by atoms with Crippen LogP contribution in [0.2, 0.25) is 0 Å². The van der Waals surface area contributed by atoms with Crippen molar-refractivity contribution in [3.63, 3.8) is 0 Å². The summed E-state index contributed by atoms with van der Waals surface area (Å²) >= 11 is 0. The molecule has 0 atom stereocenters. The van der Waals surface area contributed by atoms with E-state index in [9.17, 15) is 0 Å². The predicted molar refractivity (Wildman–Crippen MR) is 63.4 cm³/mol. The van der Waals surface area contributed by atoms with Crippen LogP contribution < -0.4 is 0 Å². The molecule has 2 rings (SSSR count). The Morgan fingerprint density at radius 1 is 1.06 bits per heavy atom. The van der Waals surface area contributed by atoms with Crippen LogP contribution in [0.3, 0.4) is 0 Å². The van der Waals surface area contributed by atoms with E-state index in [1.165, 1.54) is 25.7 Å². The molecule has 3 heteroatoms. The van der Waals surface area contributed by atoms with Gasteiger partial charge in [-0.3, -0.25) is 0 Å². The Bertz CT molecular complexity index is 343. The SMILES string of the molecule is CC1CCC(c2nnc(C(C)(C)C)o2)CC1. The van der Waals surface area contributed by atoms with Crippen molar-refractivity contribution in [1.82, 2.24) is 10.2 Å². The van der Waals surface area contributed by atoms with Gasteiger partial charge in [0.25, 0.3) is 0 Å². The van der Waals surface area contributed by atoms with E-state index in [4.69, 9.17) is 4.42 Å². The van der Waals surface area contributed by atoms with Gasteiger partial charge in [-0.25, -0.2) is 0 Å². The van der Waals surface area contributed by atoms with Crippen molar-refractivity contribution in [2.24, 2.45) is 5.92 Å². The summed E-state index contributed by atoms with van der Waals surface area (Å²) in [6.45, 7) is 8.64. The lowest BCUT2D eigenvalue weighted by atomic mass is 9.83. The number of rotatable bonds is 1. The molecule has 3 nitrogen and oxygen atoms in total. The summed E-state index contributed by atoms with van der Waals surface area (Å²) in [7, 11) is 0. The summed E-state index contributed by atoms with van der Waals surface area (Å²) in [5.74, 6) is 2.99. The lowest BCUT2D eigenvalue weighted by Gasteiger charge is -2.23. The zero-order valence-electron chi connectivity index (χ0n) is 10.8. The van der Waals surface area contributed by atoms with E-state index in [-0.39, 0.29) is 5.41 Å². The van der Waals surface area contributed by atoms with Gasteiger partial charge < -0.3 is 4.42 Å². The van der Waals surface area contributed by atoms with Gasteiger partial charge >= 0.3 is 0 Å². The summed E-state index contributed by atoms with van der Waals surface area (Å²) in [5, 5.41) is 8.38. The van der Waals surface area contributed by atoms with Crippen molar-refractivity contribution in [2.45, 2.75) is 64.7 Å². The highest BCUT2D eigenvalue weighted by Crippen LogP contribution is 2.35. The molecule has 1 saturated carbocycles. The molecule has 1 aromatic heterocycles. The van der Waals surface area contributed by atoms with Crippen LogP contribution in [0, 0.1) is 5.92 Å². The molecule has 1 aromatic rings. The van der Waals surface area contributed by atoms with Crippen LogP contribution in [0.4, 0.5) is 0 Å². The zero-order chi connectivity index (χ0) is 11.8. The normalized spacial score (nSPS) is 27.0. The molecular formula is C13H22N2O. The fourth-order valence-electron chi connectivity index (χ4n) is 2.21. The topological polar surface area (TPSA) is 38.9 Å². The molecule has 90 valence electrons. The minimum Gasteiger partial charge on any atom is -0.424 e. The first-order chi connectivity index (χ1) is 7.47. The molecule has 16 heavy (non-hydrogen) atoms. The summed E-state index contributed by atoms with van der Waals surface area (Å²) in [4.78, 5) is 0. The molecule has 1 heterocycles. The van der Waals surface area contributed by atoms with Gasteiger partial charge in [0.1, 0.15) is 0 Å². The Balaban J connectivity index is 2.08. The van der Waals surface area contributed by atoms with Gasteiger partial charge in [0.15, 0.2) is 0 Å². The van der Waals surface area contributed by atoms with Crippen LogP contribution in [0.5, 0.6) is 0 Å². The van der Waals surface area contributed by atoms with Gasteiger partial charge in [0, 0.05) is 11.3 Å². The van der Waals surface area contributed by atoms with E-state index in [1.54, 1.807) is 0 Å². The van der Waals surface area contributed by atoms with Gasteiger partial charge in [-0.1, -0.05) is 27.7 Å². The molecule has 0 spiro atoms. The average Bonchev–Trinajstić information content (AvgIpc) is 2.67. The smallest absolute Gasteiger partial charge is 0.221 e.